The maximum Gasteiger partial charge on any atom is 0.240 e. The number of likely N-dealkylation sites (tertiary alicyclic amines) is 1. The smallest absolute Gasteiger partial charge is 0.240 e. The Kier molecular flexibility index (Phi) is 5.36. The van der Waals surface area contributed by atoms with E-state index >= 15 is 0 Å². The first-order valence-electron chi connectivity index (χ1n) is 7.74. The summed E-state index contributed by atoms with van der Waals surface area (Å²) < 4.78 is 0. The topological polar surface area (TPSA) is 93.9 Å². The number of nitrogens with one attached hydrogen (secondary N) is 2. The molecule has 0 bridgehead atoms. The van der Waals surface area contributed by atoms with Crippen LogP contribution in [0.5, 0.6) is 0 Å². The Labute approximate surface area is 144 Å². The average molecular weight is 342 g/mol. The molecule has 2 aromatic heterocycles. The van der Waals surface area contributed by atoms with Crippen LogP contribution in [-0.4, -0.2) is 47.0 Å². The molecule has 0 spiro atoms. The zero-order chi connectivity index (χ0) is 16.8. The number of thiazole rings is 1. The third kappa shape index (κ3) is 4.50. The minimum absolute atomic E-state index is 0.0210. The van der Waals surface area contributed by atoms with Gasteiger partial charge in [0.05, 0.1) is 12.1 Å². The van der Waals surface area contributed by atoms with Gasteiger partial charge in [-0.2, -0.15) is 5.26 Å². The molecule has 0 aromatic carbocycles. The maximum absolute atomic E-state index is 12.0. The fourth-order valence-corrected chi connectivity index (χ4v) is 3.23. The lowest BCUT2D eigenvalue weighted by atomic mass is 10.1. The van der Waals surface area contributed by atoms with E-state index in [-0.39, 0.29) is 5.91 Å². The second kappa shape index (κ2) is 7.86. The summed E-state index contributed by atoms with van der Waals surface area (Å²) in [5.41, 5.74) is 0.554. The number of hydrogen-bond acceptors (Lipinski definition) is 7. The van der Waals surface area contributed by atoms with E-state index in [1.807, 2.05) is 11.4 Å². The van der Waals surface area contributed by atoms with Crippen molar-refractivity contribution in [1.82, 2.24) is 14.9 Å². The molecule has 0 aliphatic carbocycles. The number of nitriles is 1. The number of anilines is 2. The standard InChI is InChI=1S/C16H18N6OS/c17-7-12-1-2-14(19-8-12)20-9-13-3-5-22(10-13)11-15(23)21-16-18-4-6-24-16/h1-2,4,6,8,13H,3,5,9-11H2,(H,19,20)(H,18,21,23). The van der Waals surface area contributed by atoms with Crippen molar-refractivity contribution in [3.05, 3.63) is 35.5 Å². The van der Waals surface area contributed by atoms with Crippen LogP contribution in [0.25, 0.3) is 0 Å². The first-order chi connectivity index (χ1) is 11.7. The van der Waals surface area contributed by atoms with Gasteiger partial charge in [0.15, 0.2) is 5.13 Å². The second-order valence-electron chi connectivity index (χ2n) is 5.70. The number of aromatic nitrogens is 2. The van der Waals surface area contributed by atoms with Gasteiger partial charge >= 0.3 is 0 Å². The number of hydrogen-bond donors (Lipinski definition) is 2. The molecule has 0 radical (unpaired) electrons. The van der Waals surface area contributed by atoms with Crippen LogP contribution in [0.15, 0.2) is 29.9 Å². The van der Waals surface area contributed by atoms with Crippen LogP contribution in [-0.2, 0) is 4.79 Å². The number of carbonyl (C=O) groups is 1. The van der Waals surface area contributed by atoms with E-state index in [1.165, 1.54) is 11.3 Å². The largest absolute Gasteiger partial charge is 0.370 e. The van der Waals surface area contributed by atoms with Gasteiger partial charge in [0.25, 0.3) is 0 Å². The van der Waals surface area contributed by atoms with Crippen LogP contribution in [0, 0.1) is 17.2 Å². The summed E-state index contributed by atoms with van der Waals surface area (Å²) >= 11 is 1.42. The molecule has 2 N–H and O–H groups in total. The van der Waals surface area contributed by atoms with Crippen molar-refractivity contribution in [1.29, 1.82) is 5.26 Å². The molecular weight excluding hydrogens is 324 g/mol. The lowest BCUT2D eigenvalue weighted by Crippen LogP contribution is -2.32. The highest BCUT2D eigenvalue weighted by atomic mass is 32.1. The third-order valence-electron chi connectivity index (χ3n) is 3.88. The minimum Gasteiger partial charge on any atom is -0.370 e. The van der Waals surface area contributed by atoms with Crippen molar-refractivity contribution in [2.75, 3.05) is 36.8 Å². The number of pyridine rings is 1. The summed E-state index contributed by atoms with van der Waals surface area (Å²) in [6.07, 6.45) is 4.29. The van der Waals surface area contributed by atoms with E-state index in [4.69, 9.17) is 5.26 Å². The van der Waals surface area contributed by atoms with Crippen LogP contribution in [0.2, 0.25) is 0 Å². The van der Waals surface area contributed by atoms with Gasteiger partial charge < -0.3 is 10.6 Å². The highest BCUT2D eigenvalue weighted by molar-refractivity contribution is 7.13. The molecule has 1 amide bonds. The molecule has 0 saturated carbocycles. The predicted octanol–water partition coefficient (Wildman–Crippen LogP) is 1.78. The molecule has 1 fully saturated rings. The first-order valence-corrected chi connectivity index (χ1v) is 8.62. The fraction of sp³-hybridized carbons (Fsp3) is 0.375. The van der Waals surface area contributed by atoms with E-state index in [9.17, 15) is 4.79 Å². The van der Waals surface area contributed by atoms with Gasteiger partial charge in [-0.3, -0.25) is 9.69 Å². The van der Waals surface area contributed by atoms with Gasteiger partial charge in [-0.1, -0.05) is 0 Å². The van der Waals surface area contributed by atoms with E-state index in [0.717, 1.165) is 31.9 Å². The van der Waals surface area contributed by atoms with E-state index < -0.39 is 0 Å². The SMILES string of the molecule is N#Cc1ccc(NCC2CCN(CC(=O)Nc3nccs3)C2)nc1. The van der Waals surface area contributed by atoms with Crippen LogP contribution in [0.1, 0.15) is 12.0 Å². The fourth-order valence-electron chi connectivity index (χ4n) is 2.68. The summed E-state index contributed by atoms with van der Waals surface area (Å²) in [6.45, 7) is 3.00. The zero-order valence-electron chi connectivity index (χ0n) is 13.1. The lowest BCUT2D eigenvalue weighted by molar-refractivity contribution is -0.117. The van der Waals surface area contributed by atoms with Gasteiger partial charge in [-0.15, -0.1) is 11.3 Å². The highest BCUT2D eigenvalue weighted by Gasteiger charge is 2.24. The van der Waals surface area contributed by atoms with Gasteiger partial charge in [-0.25, -0.2) is 9.97 Å². The molecule has 1 aliphatic rings. The van der Waals surface area contributed by atoms with Crippen molar-refractivity contribution in [3.63, 3.8) is 0 Å². The Morgan fingerprint density at radius 3 is 3.08 bits per heavy atom. The predicted molar refractivity (Wildman–Crippen MR) is 92.7 cm³/mol. The van der Waals surface area contributed by atoms with E-state index in [1.54, 1.807) is 18.5 Å². The molecule has 1 saturated heterocycles. The molecule has 2 aromatic rings. The van der Waals surface area contributed by atoms with E-state index in [0.29, 0.717) is 23.2 Å². The number of amides is 1. The van der Waals surface area contributed by atoms with Crippen LogP contribution in [0.4, 0.5) is 10.9 Å². The monoisotopic (exact) mass is 342 g/mol. The molecule has 124 valence electrons. The average Bonchev–Trinajstić information content (AvgIpc) is 3.25. The van der Waals surface area contributed by atoms with E-state index in [2.05, 4.69) is 31.6 Å². The quantitative estimate of drug-likeness (QED) is 0.831. The Balaban J connectivity index is 1.40. The molecule has 8 heteroatoms. The third-order valence-corrected chi connectivity index (χ3v) is 4.57. The Hall–Kier alpha value is -2.50. The van der Waals surface area contributed by atoms with Crippen LogP contribution in [0.3, 0.4) is 0 Å². The van der Waals surface area contributed by atoms with Gasteiger partial charge in [0.2, 0.25) is 5.91 Å². The van der Waals surface area contributed by atoms with Crippen LogP contribution < -0.4 is 10.6 Å². The number of nitrogens with zero attached hydrogens (tertiary/aromatic N) is 4. The summed E-state index contributed by atoms with van der Waals surface area (Å²) in [7, 11) is 0. The molecule has 1 atom stereocenters. The molecule has 3 heterocycles. The summed E-state index contributed by atoms with van der Waals surface area (Å²) in [5.74, 6) is 1.23. The highest BCUT2D eigenvalue weighted by Crippen LogP contribution is 2.17. The van der Waals surface area contributed by atoms with Crippen molar-refractivity contribution in [2.24, 2.45) is 5.92 Å². The Bertz CT molecular complexity index is 709. The summed E-state index contributed by atoms with van der Waals surface area (Å²) in [4.78, 5) is 22.4. The summed E-state index contributed by atoms with van der Waals surface area (Å²) in [6, 6.07) is 5.61. The Morgan fingerprint density at radius 1 is 1.46 bits per heavy atom. The molecular formula is C16H18N6OS. The molecule has 1 aliphatic heterocycles. The normalized spacial score (nSPS) is 17.4. The first kappa shape index (κ1) is 16.4. The van der Waals surface area contributed by atoms with Crippen LogP contribution >= 0.6 is 11.3 Å². The number of rotatable bonds is 6. The lowest BCUT2D eigenvalue weighted by Gasteiger charge is -2.15. The van der Waals surface area contributed by atoms with Crippen molar-refractivity contribution >= 4 is 28.2 Å². The van der Waals surface area contributed by atoms with Gasteiger partial charge in [-0.05, 0) is 31.0 Å². The Morgan fingerprint density at radius 2 is 2.38 bits per heavy atom. The van der Waals surface area contributed by atoms with Crippen molar-refractivity contribution in [2.45, 2.75) is 6.42 Å². The molecule has 24 heavy (non-hydrogen) atoms. The maximum atomic E-state index is 12.0. The van der Waals surface area contributed by atoms with Crippen molar-refractivity contribution in [3.8, 4) is 6.07 Å². The second-order valence-corrected chi connectivity index (χ2v) is 6.59. The number of carbonyl (C=O) groups excluding carboxylic acids is 1. The molecule has 3 rings (SSSR count). The molecule has 7 nitrogen and oxygen atoms in total. The van der Waals surface area contributed by atoms with Gasteiger partial charge in [0.1, 0.15) is 11.9 Å². The van der Waals surface area contributed by atoms with Crippen molar-refractivity contribution < 1.29 is 4.79 Å². The summed E-state index contributed by atoms with van der Waals surface area (Å²) in [5, 5.41) is 17.3. The molecule has 1 unspecified atom stereocenters. The zero-order valence-corrected chi connectivity index (χ0v) is 13.9. The van der Waals surface area contributed by atoms with Gasteiger partial charge in [0, 0.05) is 30.9 Å². The minimum atomic E-state index is -0.0210.